The van der Waals surface area contributed by atoms with Gasteiger partial charge in [-0.05, 0) is 60.6 Å². The molecule has 0 bridgehead atoms. The molecule has 9 heteroatoms. The molecule has 0 saturated heterocycles. The van der Waals surface area contributed by atoms with E-state index in [-0.39, 0.29) is 6.42 Å². The Morgan fingerprint density at radius 2 is 2.00 bits per heavy atom. The fraction of sp³-hybridized carbons (Fsp3) is 0.464. The maximum Gasteiger partial charge on any atom is 0.586 e. The second-order valence-corrected chi connectivity index (χ2v) is 9.31. The number of benzene rings is 2. The van der Waals surface area contributed by atoms with Gasteiger partial charge in [-0.1, -0.05) is 26.8 Å². The summed E-state index contributed by atoms with van der Waals surface area (Å²) in [5.74, 6) is -4.20. The van der Waals surface area contributed by atoms with Crippen molar-refractivity contribution in [2.45, 2.75) is 76.1 Å². The second kappa shape index (κ2) is 8.77. The van der Waals surface area contributed by atoms with E-state index in [0.717, 1.165) is 18.2 Å². The number of rotatable bonds is 9. The van der Waals surface area contributed by atoms with E-state index < -0.39 is 124 Å². The van der Waals surface area contributed by atoms with Gasteiger partial charge in [-0.3, -0.25) is 4.79 Å². The Balaban J connectivity index is 1.75. The first-order valence-electron chi connectivity index (χ1n) is 17.2. The van der Waals surface area contributed by atoms with Crippen LogP contribution in [0.1, 0.15) is 73.2 Å². The lowest BCUT2D eigenvalue weighted by atomic mass is 9.86. The minimum absolute atomic E-state index is 0.108. The fourth-order valence-electron chi connectivity index (χ4n) is 4.04. The van der Waals surface area contributed by atoms with E-state index in [2.05, 4.69) is 9.47 Å². The lowest BCUT2D eigenvalue weighted by molar-refractivity contribution is -0.286. The van der Waals surface area contributed by atoms with Crippen LogP contribution in [0.25, 0.3) is 10.9 Å². The lowest BCUT2D eigenvalue weighted by Crippen LogP contribution is -2.26. The number of carbonyl (C=O) groups is 1. The first-order chi connectivity index (χ1) is 22.0. The zero-order valence-corrected chi connectivity index (χ0v) is 19.8. The van der Waals surface area contributed by atoms with Crippen LogP contribution in [0, 0.1) is 5.82 Å². The Morgan fingerprint density at radius 3 is 2.65 bits per heavy atom. The summed E-state index contributed by atoms with van der Waals surface area (Å²) in [7, 11) is 0. The summed E-state index contributed by atoms with van der Waals surface area (Å²) in [5, 5.41) is 19.9. The molecular formula is C28H30F3NO5. The number of hydrogen-bond donors (Lipinski definition) is 2. The smallest absolute Gasteiger partial charge is 0.395 e. The van der Waals surface area contributed by atoms with Crippen LogP contribution in [0.5, 0.6) is 11.5 Å². The van der Waals surface area contributed by atoms with E-state index in [1.54, 1.807) is 6.92 Å². The van der Waals surface area contributed by atoms with Crippen molar-refractivity contribution >= 4 is 16.7 Å². The van der Waals surface area contributed by atoms with Crippen LogP contribution >= 0.6 is 0 Å². The van der Waals surface area contributed by atoms with Crippen molar-refractivity contribution < 1.29 is 54.1 Å². The molecule has 1 atom stereocenters. The molecule has 2 aliphatic rings. The second-order valence-electron chi connectivity index (χ2n) is 9.31. The highest BCUT2D eigenvalue weighted by atomic mass is 19.3. The number of fused-ring (bicyclic) bond motifs is 2. The van der Waals surface area contributed by atoms with Crippen molar-refractivity contribution in [3.8, 4) is 11.5 Å². The summed E-state index contributed by atoms with van der Waals surface area (Å²) in [6.07, 6.45) is -15.3. The van der Waals surface area contributed by atoms with Crippen LogP contribution < -0.4 is 9.47 Å². The number of halogens is 3. The van der Waals surface area contributed by atoms with Gasteiger partial charge in [-0.15, -0.1) is 8.78 Å². The topological polar surface area (TPSA) is 80.9 Å². The highest BCUT2D eigenvalue weighted by Crippen LogP contribution is 2.52. The lowest BCUT2D eigenvalue weighted by Gasteiger charge is -2.26. The Labute approximate surface area is 229 Å². The standard InChI is InChI=1S/C28H30F3NO5/c1-4-26(2,3)24-10-17-9-16(20(29)13-21(17)32(24)14-19(34)15-33)11-25(35)27(7-8-27)18-5-6-22-23(12-18)37-28(30,31)36-22/h5-6,9-10,12-13,19,33-34H,4,7-8,11,14-15H2,1-3H3/t19-/m1/s1/i7D2,8D2,9D,10D,13D,14D2,15D2,19D. The van der Waals surface area contributed by atoms with E-state index >= 15 is 4.39 Å². The van der Waals surface area contributed by atoms with Crippen LogP contribution in [-0.2, 0) is 28.5 Å². The number of aliphatic hydroxyl groups is 2. The molecular weight excluding hydrogens is 487 g/mol. The number of carbonyl (C=O) groups excluding carboxylic acids is 1. The third-order valence-electron chi connectivity index (χ3n) is 6.51. The van der Waals surface area contributed by atoms with Crippen LogP contribution in [-0.4, -0.2) is 39.5 Å². The normalized spacial score (nSPS) is 27.4. The van der Waals surface area contributed by atoms with Gasteiger partial charge in [0.25, 0.3) is 0 Å². The van der Waals surface area contributed by atoms with E-state index in [1.807, 2.05) is 0 Å². The molecule has 0 amide bonds. The zero-order chi connectivity index (χ0) is 37.5. The number of Topliss-reactive ketones (excluding diaryl/α,β-unsaturated/α-hetero) is 1. The summed E-state index contributed by atoms with van der Waals surface area (Å²) >= 11 is 0. The molecule has 6 nitrogen and oxygen atoms in total. The van der Waals surface area contributed by atoms with Crippen LogP contribution in [0.2, 0.25) is 0 Å². The average molecular weight is 530 g/mol. The minimum atomic E-state index is -4.11. The molecule has 1 aliphatic carbocycles. The van der Waals surface area contributed by atoms with Gasteiger partial charge in [0.1, 0.15) is 11.6 Å². The first-order valence-corrected chi connectivity index (χ1v) is 11.2. The molecule has 2 aromatic carbocycles. The first kappa shape index (κ1) is 14.8. The third-order valence-corrected chi connectivity index (χ3v) is 6.51. The molecule has 2 heterocycles. The summed E-state index contributed by atoms with van der Waals surface area (Å²) in [5.41, 5.74) is -6.82. The highest BCUT2D eigenvalue weighted by molar-refractivity contribution is 5.95. The van der Waals surface area contributed by atoms with Crippen LogP contribution in [0.15, 0.2) is 36.3 Å². The van der Waals surface area contributed by atoms with Gasteiger partial charge < -0.3 is 24.3 Å². The molecule has 0 unspecified atom stereocenters. The van der Waals surface area contributed by atoms with Crippen molar-refractivity contribution in [1.82, 2.24) is 4.57 Å². The maximum absolute atomic E-state index is 16.2. The van der Waals surface area contributed by atoms with E-state index in [4.69, 9.17) is 16.4 Å². The molecule has 198 valence electrons. The van der Waals surface area contributed by atoms with Gasteiger partial charge in [0.15, 0.2) is 11.5 Å². The van der Waals surface area contributed by atoms with E-state index in [1.165, 1.54) is 13.8 Å². The fourth-order valence-corrected chi connectivity index (χ4v) is 4.04. The molecule has 37 heavy (non-hydrogen) atoms. The molecule has 1 fully saturated rings. The molecule has 0 spiro atoms. The van der Waals surface area contributed by atoms with Crippen molar-refractivity contribution in [3.05, 3.63) is 59.0 Å². The van der Waals surface area contributed by atoms with Crippen molar-refractivity contribution in [2.75, 3.05) is 6.56 Å². The minimum Gasteiger partial charge on any atom is -0.395 e. The molecule has 3 aromatic rings. The SMILES string of the molecule is [2H]c1c(CC(=O)C2(c3ccc4c(c3)OC(F)(F)O4)C([2H])([2H])C2([2H])[2H])c(F)c([2H])c2c1c([2H])c(C(C)(C)CC)n2C([2H])([2H])[C@@]([2H])(O)C([2H])([2H])O. The number of aromatic nitrogens is 1. The summed E-state index contributed by atoms with van der Waals surface area (Å²) in [6.45, 7) is -3.16. The number of nitrogens with zero attached hydrogens (tertiary/aromatic N) is 1. The molecule has 2 N–H and O–H groups in total. The molecule has 1 aromatic heterocycles. The quantitative estimate of drug-likeness (QED) is 0.409. The number of alkyl halides is 2. The molecule has 0 radical (unpaired) electrons. The van der Waals surface area contributed by atoms with Gasteiger partial charge in [-0.2, -0.15) is 0 Å². The predicted octanol–water partition coefficient (Wildman–Crippen LogP) is 4.99. The number of hydrogen-bond acceptors (Lipinski definition) is 5. The highest BCUT2D eigenvalue weighted by Gasteiger charge is 2.52. The van der Waals surface area contributed by atoms with Gasteiger partial charge >= 0.3 is 6.29 Å². The van der Waals surface area contributed by atoms with Gasteiger partial charge in [-0.25, -0.2) is 4.39 Å². The number of ether oxygens (including phenoxy) is 2. The van der Waals surface area contributed by atoms with E-state index in [9.17, 15) is 23.8 Å². The Kier molecular flexibility index (Phi) is 3.50. The molecule has 5 rings (SSSR count). The van der Waals surface area contributed by atoms with Gasteiger partial charge in [0, 0.05) is 28.4 Å². The van der Waals surface area contributed by atoms with Gasteiger partial charge in [0.2, 0.25) is 0 Å². The van der Waals surface area contributed by atoms with Crippen molar-refractivity contribution in [1.29, 1.82) is 0 Å². The predicted molar refractivity (Wildman–Crippen MR) is 131 cm³/mol. The Hall–Kier alpha value is -3.04. The third kappa shape index (κ3) is 4.48. The summed E-state index contributed by atoms with van der Waals surface area (Å²) in [6, 6.07) is -0.369. The molecule has 1 aliphatic heterocycles. The number of ketones is 1. The van der Waals surface area contributed by atoms with Crippen LogP contribution in [0.4, 0.5) is 13.2 Å². The summed E-state index contributed by atoms with van der Waals surface area (Å²) in [4.78, 5) is 14.0. The Bertz CT molecular complexity index is 1910. The van der Waals surface area contributed by atoms with E-state index in [0.29, 0.717) is 4.57 Å². The molecule has 1 saturated carbocycles. The Morgan fingerprint density at radius 1 is 1.30 bits per heavy atom. The van der Waals surface area contributed by atoms with Crippen LogP contribution in [0.3, 0.4) is 0 Å². The van der Waals surface area contributed by atoms with Crippen molar-refractivity contribution in [2.24, 2.45) is 0 Å². The largest absolute Gasteiger partial charge is 0.586 e. The zero-order valence-electron chi connectivity index (χ0n) is 31.8. The van der Waals surface area contributed by atoms with Crippen molar-refractivity contribution in [3.63, 3.8) is 0 Å². The van der Waals surface area contributed by atoms with Gasteiger partial charge in [0.05, 0.1) is 41.0 Å². The monoisotopic (exact) mass is 529 g/mol. The average Bonchev–Trinajstić information content (AvgIpc) is 3.23. The maximum atomic E-state index is 16.2. The summed E-state index contributed by atoms with van der Waals surface area (Å²) < 4.78 is 153.